The van der Waals surface area contributed by atoms with E-state index in [0.29, 0.717) is 54.7 Å². The van der Waals surface area contributed by atoms with Crippen LogP contribution < -0.4 is 27.0 Å². The molecule has 2 aromatic heterocycles. The molecule has 4 aromatic rings. The van der Waals surface area contributed by atoms with E-state index in [0.717, 1.165) is 114 Å². The molecule has 2 fully saturated rings. The van der Waals surface area contributed by atoms with E-state index in [1.54, 1.807) is 36.4 Å². The molecule has 1 saturated carbocycles. The number of imidazole rings is 1. The summed E-state index contributed by atoms with van der Waals surface area (Å²) < 4.78 is 17.3. The summed E-state index contributed by atoms with van der Waals surface area (Å²) >= 11 is 0. The van der Waals surface area contributed by atoms with Gasteiger partial charge in [-0.15, -0.1) is 0 Å². The summed E-state index contributed by atoms with van der Waals surface area (Å²) in [5.41, 5.74) is 9.65. The second-order valence-electron chi connectivity index (χ2n) is 16.2. The fourth-order valence-corrected chi connectivity index (χ4v) is 7.09. The second-order valence-corrected chi connectivity index (χ2v) is 16.2. The minimum absolute atomic E-state index is 0. The third-order valence-corrected chi connectivity index (χ3v) is 10.6. The van der Waals surface area contributed by atoms with E-state index < -0.39 is 11.9 Å². The van der Waals surface area contributed by atoms with Crippen molar-refractivity contribution in [2.75, 3.05) is 50.3 Å². The van der Waals surface area contributed by atoms with Crippen molar-refractivity contribution >= 4 is 70.0 Å². The van der Waals surface area contributed by atoms with Crippen LogP contribution in [0.5, 0.6) is 0 Å². The van der Waals surface area contributed by atoms with E-state index in [1.807, 2.05) is 23.0 Å². The van der Waals surface area contributed by atoms with Gasteiger partial charge < -0.3 is 51.4 Å². The molecule has 1 saturated heterocycles. The Morgan fingerprint density at radius 2 is 1.22 bits per heavy atom. The van der Waals surface area contributed by atoms with Gasteiger partial charge in [0.2, 0.25) is 5.95 Å². The molecule has 2 amide bonds. The van der Waals surface area contributed by atoms with Gasteiger partial charge in [-0.1, -0.05) is 32.1 Å². The molecule has 3 heterocycles. The predicted octanol–water partition coefficient (Wildman–Crippen LogP) is 7.39. The summed E-state index contributed by atoms with van der Waals surface area (Å²) in [7, 11) is 2.78. The van der Waals surface area contributed by atoms with E-state index >= 15 is 0 Å². The van der Waals surface area contributed by atoms with Gasteiger partial charge in [-0.2, -0.15) is 9.97 Å². The van der Waals surface area contributed by atoms with Gasteiger partial charge >= 0.3 is 11.9 Å². The molecule has 0 radical (unpaired) electrons. The molecule has 382 valence electrons. The number of carboxylic acids is 2. The van der Waals surface area contributed by atoms with Gasteiger partial charge in [0.15, 0.2) is 17.0 Å². The van der Waals surface area contributed by atoms with E-state index in [9.17, 15) is 19.2 Å². The summed E-state index contributed by atoms with van der Waals surface area (Å²) in [6, 6.07) is 14.4. The Morgan fingerprint density at radius 1 is 0.710 bits per heavy atom. The van der Waals surface area contributed by atoms with Crippen molar-refractivity contribution in [1.29, 1.82) is 0 Å². The number of carboxylic acid groups (broad SMARTS) is 2. The van der Waals surface area contributed by atoms with Crippen molar-refractivity contribution in [2.45, 2.75) is 129 Å². The quantitative estimate of drug-likeness (QED) is 0.0208. The number of rotatable bonds is 19. The zero-order chi connectivity index (χ0) is 49.7. The van der Waals surface area contributed by atoms with Crippen LogP contribution in [0.4, 0.5) is 23.1 Å². The van der Waals surface area contributed by atoms with Crippen LogP contribution in [0.15, 0.2) is 54.9 Å². The molecule has 1 unspecified atom stereocenters. The summed E-state index contributed by atoms with van der Waals surface area (Å²) in [6.45, 7) is 4.07. The number of nitrogen functional groups attached to an aromatic ring is 1. The Bertz CT molecular complexity index is 2160. The summed E-state index contributed by atoms with van der Waals surface area (Å²) in [5.74, 6) is -1.08. The number of benzene rings is 2. The first-order valence-corrected chi connectivity index (χ1v) is 23.1. The Hall–Kier alpha value is -6.17. The molecule has 2 aromatic carbocycles. The molecule has 0 spiro atoms. The molecule has 8 N–H and O–H groups in total. The van der Waals surface area contributed by atoms with Crippen molar-refractivity contribution in [3.63, 3.8) is 0 Å². The number of hydrogen-bond donors (Lipinski definition) is 7. The Kier molecular flexibility index (Phi) is 28.5. The normalized spacial score (nSPS) is 14.0. The largest absolute Gasteiger partial charge is 0.481 e. The molecule has 6 rings (SSSR count). The van der Waals surface area contributed by atoms with Crippen LogP contribution >= 0.6 is 0 Å². The summed E-state index contributed by atoms with van der Waals surface area (Å²) in [4.78, 5) is 78.7. The SMILES string of the molecule is CC(=O)O.CC(=O)O.COC(=O)CCCCCNC(=O)c1ccc(N)cc1.COC(=O)CCCCCNC(=O)c1ccc(Nc2nc(NC3CCCCC3)c3ncn(C4CCCCO4)c3n2)cc1.[Pd]. The van der Waals surface area contributed by atoms with Gasteiger partial charge in [0, 0.05) is 95.4 Å². The van der Waals surface area contributed by atoms with Crippen LogP contribution in [0.2, 0.25) is 0 Å². The number of aromatic nitrogens is 4. The number of anilines is 4. The molecular weight excluding hydrogens is 985 g/mol. The molecule has 20 nitrogen and oxygen atoms in total. The van der Waals surface area contributed by atoms with Crippen molar-refractivity contribution in [3.05, 3.63) is 66.0 Å². The smallest absolute Gasteiger partial charge is 0.305 e. The molecule has 0 bridgehead atoms. The number of aliphatic carboxylic acids is 2. The number of hydrogen-bond acceptors (Lipinski definition) is 15. The maximum Gasteiger partial charge on any atom is 0.305 e. The van der Waals surface area contributed by atoms with Crippen molar-refractivity contribution in [3.8, 4) is 0 Å². The van der Waals surface area contributed by atoms with E-state index in [-0.39, 0.29) is 50.4 Å². The average Bonchev–Trinajstić information content (AvgIpc) is 3.76. The van der Waals surface area contributed by atoms with Crippen molar-refractivity contribution < 1.29 is 73.6 Å². The van der Waals surface area contributed by atoms with Crippen LogP contribution in [-0.4, -0.2) is 105 Å². The van der Waals surface area contributed by atoms with Crippen LogP contribution in [-0.2, 0) is 53.8 Å². The molecular formula is C48H69N9O11Pd. The van der Waals surface area contributed by atoms with Crippen LogP contribution in [0, 0.1) is 0 Å². The molecule has 69 heavy (non-hydrogen) atoms. The maximum atomic E-state index is 12.6. The minimum Gasteiger partial charge on any atom is -0.481 e. The summed E-state index contributed by atoms with van der Waals surface area (Å²) in [6.07, 6.45) is 16.6. The Labute approximate surface area is 417 Å². The zero-order valence-corrected chi connectivity index (χ0v) is 41.6. The molecule has 1 aliphatic heterocycles. The first-order chi connectivity index (χ1) is 32.7. The predicted molar refractivity (Wildman–Crippen MR) is 257 cm³/mol. The number of fused-ring (bicyclic) bond motifs is 1. The van der Waals surface area contributed by atoms with E-state index in [4.69, 9.17) is 45.2 Å². The van der Waals surface area contributed by atoms with Crippen molar-refractivity contribution in [1.82, 2.24) is 30.2 Å². The molecule has 1 aliphatic carbocycles. The van der Waals surface area contributed by atoms with E-state index in [2.05, 4.69) is 30.7 Å². The number of nitrogens with one attached hydrogen (secondary N) is 4. The third-order valence-electron chi connectivity index (χ3n) is 10.6. The maximum absolute atomic E-state index is 12.6. The van der Waals surface area contributed by atoms with Gasteiger partial charge in [-0.05, 0) is 106 Å². The zero-order valence-electron chi connectivity index (χ0n) is 40.0. The van der Waals surface area contributed by atoms with Crippen molar-refractivity contribution in [2.24, 2.45) is 0 Å². The van der Waals surface area contributed by atoms with Crippen LogP contribution in [0.25, 0.3) is 11.2 Å². The first-order valence-electron chi connectivity index (χ1n) is 23.1. The first kappa shape index (κ1) is 59.0. The summed E-state index contributed by atoms with van der Waals surface area (Å²) in [5, 5.41) is 27.6. The average molecular weight is 1050 g/mol. The molecule has 1 atom stereocenters. The second kappa shape index (κ2) is 33.3. The topological polar surface area (TPSA) is 288 Å². The number of carbonyl (C=O) groups is 6. The van der Waals surface area contributed by atoms with E-state index in [1.165, 1.54) is 33.5 Å². The Balaban J connectivity index is 0.000000485. The number of amides is 2. The number of methoxy groups -OCH3 is 2. The minimum atomic E-state index is -0.833. The number of carbonyl (C=O) groups excluding carboxylic acids is 4. The number of esters is 2. The van der Waals surface area contributed by atoms with Gasteiger partial charge in [0.05, 0.1) is 20.5 Å². The molecule has 2 aliphatic rings. The fourth-order valence-electron chi connectivity index (χ4n) is 7.09. The number of nitrogens with zero attached hydrogens (tertiary/aromatic N) is 4. The Morgan fingerprint density at radius 3 is 1.71 bits per heavy atom. The van der Waals surface area contributed by atoms with Gasteiger partial charge in [0.1, 0.15) is 6.23 Å². The van der Waals surface area contributed by atoms with Gasteiger partial charge in [-0.3, -0.25) is 33.3 Å². The molecule has 21 heteroatoms. The van der Waals surface area contributed by atoms with Crippen LogP contribution in [0.3, 0.4) is 0 Å². The standard InChI is InChI=1S/C30H41N7O4.C14H20N2O3.2C2H4O2.Pd/c1-40-25(38)13-6-3-8-18-31-29(39)21-14-16-23(17-15-21)34-30-35-27(33-22-10-4-2-5-11-22)26-28(36-30)37(20-32-26)24-12-7-9-19-41-24;1-19-13(17)5-3-2-4-10-16-14(18)11-6-8-12(15)9-7-11;2*1-2(3)4;/h14-17,20,22,24H,2-13,18-19H2,1H3,(H,31,39)(H2,33,34,35,36);6-9H,2-5,10,15H2,1H3,(H,16,18);2*1H3,(H,3,4);. The van der Waals surface area contributed by atoms with Crippen LogP contribution in [0.1, 0.15) is 144 Å². The number of nitrogens with two attached hydrogens (primary N) is 1. The van der Waals surface area contributed by atoms with Gasteiger partial charge in [0.25, 0.3) is 23.8 Å². The van der Waals surface area contributed by atoms with Gasteiger partial charge in [-0.25, -0.2) is 4.98 Å². The third kappa shape index (κ3) is 23.6. The number of ether oxygens (including phenoxy) is 3. The monoisotopic (exact) mass is 1050 g/mol. The number of unbranched alkanes of at least 4 members (excludes halogenated alkanes) is 4. The fraction of sp³-hybridized carbons (Fsp3) is 0.521.